The maximum absolute atomic E-state index is 6.05. The molecule has 1 heterocycles. The third kappa shape index (κ3) is 3.10. The second-order valence-corrected chi connectivity index (χ2v) is 6.16. The van der Waals surface area contributed by atoms with Crippen molar-refractivity contribution in [3.05, 3.63) is 22.2 Å². The Morgan fingerprint density at radius 3 is 2.90 bits per heavy atom. The fourth-order valence-electron chi connectivity index (χ4n) is 2.40. The van der Waals surface area contributed by atoms with Crippen molar-refractivity contribution in [3.8, 4) is 11.5 Å². The highest BCUT2D eigenvalue weighted by Crippen LogP contribution is 2.42. The van der Waals surface area contributed by atoms with E-state index in [0.29, 0.717) is 5.92 Å². The molecule has 0 amide bonds. The van der Waals surface area contributed by atoms with Gasteiger partial charge in [0.25, 0.3) is 0 Å². The lowest BCUT2D eigenvalue weighted by Crippen LogP contribution is -2.33. The summed E-state index contributed by atoms with van der Waals surface area (Å²) in [5.74, 6) is 2.30. The molecule has 1 saturated heterocycles. The van der Waals surface area contributed by atoms with Gasteiger partial charge in [-0.3, -0.25) is 0 Å². The molecule has 1 atom stereocenters. The summed E-state index contributed by atoms with van der Waals surface area (Å²) in [5, 5.41) is 3.36. The first kappa shape index (κ1) is 14.2. The molecular formula is C15H20BrNO3. The van der Waals surface area contributed by atoms with Crippen molar-refractivity contribution in [2.24, 2.45) is 5.92 Å². The minimum Gasteiger partial charge on any atom is -0.493 e. The van der Waals surface area contributed by atoms with Crippen LogP contribution < -0.4 is 14.8 Å². The lowest BCUT2D eigenvalue weighted by atomic mass is 10.1. The van der Waals surface area contributed by atoms with Gasteiger partial charge < -0.3 is 19.5 Å². The van der Waals surface area contributed by atoms with Crippen molar-refractivity contribution in [2.75, 3.05) is 33.4 Å². The number of hydrogen-bond acceptors (Lipinski definition) is 4. The molecule has 0 bridgehead atoms. The standard InChI is InChI=1S/C15H20BrNO3/c1-18-12-5-4-11(16)14(13-8-17-6-7-19-13)15(12)20-9-10-2-3-10/h4-5,10,13,17H,2-3,6-9H2,1H3. The monoisotopic (exact) mass is 341 g/mol. The van der Waals surface area contributed by atoms with Crippen LogP contribution in [0.5, 0.6) is 11.5 Å². The number of rotatable bonds is 5. The molecule has 2 aliphatic rings. The molecule has 3 rings (SSSR count). The molecule has 5 heteroatoms. The van der Waals surface area contributed by atoms with Crippen LogP contribution in [-0.4, -0.2) is 33.4 Å². The molecule has 110 valence electrons. The molecule has 1 aliphatic carbocycles. The van der Waals surface area contributed by atoms with Crippen LogP contribution in [0.4, 0.5) is 0 Å². The molecule has 20 heavy (non-hydrogen) atoms. The van der Waals surface area contributed by atoms with Crippen LogP contribution in [0, 0.1) is 5.92 Å². The summed E-state index contributed by atoms with van der Waals surface area (Å²) >= 11 is 3.63. The minimum atomic E-state index is 0.00225. The van der Waals surface area contributed by atoms with Crippen LogP contribution >= 0.6 is 15.9 Å². The molecule has 0 aromatic heterocycles. The van der Waals surface area contributed by atoms with Crippen LogP contribution in [-0.2, 0) is 4.74 Å². The molecule has 1 aromatic carbocycles. The number of nitrogens with one attached hydrogen (secondary N) is 1. The number of morpholine rings is 1. The summed E-state index contributed by atoms with van der Waals surface area (Å²) < 4.78 is 18.4. The lowest BCUT2D eigenvalue weighted by molar-refractivity contribution is 0.0251. The Labute approximate surface area is 127 Å². The zero-order chi connectivity index (χ0) is 13.9. The summed E-state index contributed by atoms with van der Waals surface area (Å²) in [4.78, 5) is 0. The third-order valence-corrected chi connectivity index (χ3v) is 4.43. The fraction of sp³-hybridized carbons (Fsp3) is 0.600. The van der Waals surface area contributed by atoms with Gasteiger partial charge in [-0.25, -0.2) is 0 Å². The molecule has 0 spiro atoms. The SMILES string of the molecule is COc1ccc(Br)c(C2CNCCO2)c1OCC1CC1. The average molecular weight is 342 g/mol. The predicted octanol–water partition coefficient (Wildman–Crippen LogP) is 2.91. The highest BCUT2D eigenvalue weighted by Gasteiger charge is 2.28. The Hall–Kier alpha value is -0.780. The van der Waals surface area contributed by atoms with Gasteiger partial charge in [0.15, 0.2) is 11.5 Å². The molecule has 1 unspecified atom stereocenters. The molecule has 1 aliphatic heterocycles. The van der Waals surface area contributed by atoms with Gasteiger partial charge in [-0.2, -0.15) is 0 Å². The highest BCUT2D eigenvalue weighted by atomic mass is 79.9. The van der Waals surface area contributed by atoms with E-state index in [1.807, 2.05) is 12.1 Å². The molecule has 1 N–H and O–H groups in total. The maximum atomic E-state index is 6.05. The number of ether oxygens (including phenoxy) is 3. The maximum Gasteiger partial charge on any atom is 0.168 e. The second-order valence-electron chi connectivity index (χ2n) is 5.31. The smallest absolute Gasteiger partial charge is 0.168 e. The van der Waals surface area contributed by atoms with E-state index in [1.54, 1.807) is 7.11 Å². The van der Waals surface area contributed by atoms with Gasteiger partial charge >= 0.3 is 0 Å². The lowest BCUT2D eigenvalue weighted by Gasteiger charge is -2.27. The van der Waals surface area contributed by atoms with Gasteiger partial charge in [0.05, 0.1) is 26.4 Å². The van der Waals surface area contributed by atoms with E-state index in [1.165, 1.54) is 12.8 Å². The third-order valence-electron chi connectivity index (χ3n) is 3.74. The fourth-order valence-corrected chi connectivity index (χ4v) is 2.97. The molecule has 4 nitrogen and oxygen atoms in total. The van der Waals surface area contributed by atoms with Crippen LogP contribution in [0.15, 0.2) is 16.6 Å². The Balaban J connectivity index is 1.90. The van der Waals surface area contributed by atoms with E-state index in [-0.39, 0.29) is 6.10 Å². The Bertz CT molecular complexity index is 470. The first-order valence-electron chi connectivity index (χ1n) is 7.11. The first-order chi connectivity index (χ1) is 9.79. The van der Waals surface area contributed by atoms with Gasteiger partial charge in [0, 0.05) is 23.1 Å². The van der Waals surface area contributed by atoms with E-state index in [4.69, 9.17) is 14.2 Å². The summed E-state index contributed by atoms with van der Waals surface area (Å²) in [6, 6.07) is 3.93. The van der Waals surface area contributed by atoms with Gasteiger partial charge in [-0.15, -0.1) is 0 Å². The van der Waals surface area contributed by atoms with Crippen molar-refractivity contribution in [3.63, 3.8) is 0 Å². The van der Waals surface area contributed by atoms with Crippen LogP contribution in [0.1, 0.15) is 24.5 Å². The van der Waals surface area contributed by atoms with Gasteiger partial charge in [-0.1, -0.05) is 15.9 Å². The van der Waals surface area contributed by atoms with Gasteiger partial charge in [-0.05, 0) is 30.9 Å². The van der Waals surface area contributed by atoms with Crippen LogP contribution in [0.2, 0.25) is 0 Å². The van der Waals surface area contributed by atoms with E-state index in [2.05, 4.69) is 21.2 Å². The minimum absolute atomic E-state index is 0.00225. The number of hydrogen-bond donors (Lipinski definition) is 1. The van der Waals surface area contributed by atoms with E-state index >= 15 is 0 Å². The normalized spacial score (nSPS) is 22.6. The Morgan fingerprint density at radius 2 is 2.25 bits per heavy atom. The largest absolute Gasteiger partial charge is 0.493 e. The molecule has 2 fully saturated rings. The molecule has 0 radical (unpaired) electrons. The van der Waals surface area contributed by atoms with Crippen molar-refractivity contribution in [2.45, 2.75) is 18.9 Å². The van der Waals surface area contributed by atoms with Crippen molar-refractivity contribution < 1.29 is 14.2 Å². The summed E-state index contributed by atoms with van der Waals surface area (Å²) in [6.45, 7) is 3.18. The van der Waals surface area contributed by atoms with E-state index < -0.39 is 0 Å². The molecule has 1 saturated carbocycles. The Morgan fingerprint density at radius 1 is 1.40 bits per heavy atom. The number of benzene rings is 1. The van der Waals surface area contributed by atoms with Crippen molar-refractivity contribution >= 4 is 15.9 Å². The first-order valence-corrected chi connectivity index (χ1v) is 7.90. The summed E-state index contributed by atoms with van der Waals surface area (Å²) in [7, 11) is 1.68. The average Bonchev–Trinajstić information content (AvgIpc) is 3.30. The van der Waals surface area contributed by atoms with E-state index in [9.17, 15) is 0 Å². The number of methoxy groups -OCH3 is 1. The van der Waals surface area contributed by atoms with Gasteiger partial charge in [0.1, 0.15) is 0 Å². The summed E-state index contributed by atoms with van der Waals surface area (Å²) in [6.07, 6.45) is 2.54. The van der Waals surface area contributed by atoms with Crippen molar-refractivity contribution in [1.82, 2.24) is 5.32 Å². The van der Waals surface area contributed by atoms with E-state index in [0.717, 1.165) is 47.8 Å². The number of halogens is 1. The second kappa shape index (κ2) is 6.33. The zero-order valence-corrected chi connectivity index (χ0v) is 13.2. The zero-order valence-electron chi connectivity index (χ0n) is 11.7. The Kier molecular flexibility index (Phi) is 4.48. The van der Waals surface area contributed by atoms with Crippen LogP contribution in [0.25, 0.3) is 0 Å². The van der Waals surface area contributed by atoms with Crippen LogP contribution in [0.3, 0.4) is 0 Å². The highest BCUT2D eigenvalue weighted by molar-refractivity contribution is 9.10. The molecular weight excluding hydrogens is 322 g/mol. The predicted molar refractivity (Wildman–Crippen MR) is 80.5 cm³/mol. The van der Waals surface area contributed by atoms with Gasteiger partial charge in [0.2, 0.25) is 0 Å². The topological polar surface area (TPSA) is 39.7 Å². The molecule has 1 aromatic rings. The van der Waals surface area contributed by atoms with Crippen molar-refractivity contribution in [1.29, 1.82) is 0 Å². The summed E-state index contributed by atoms with van der Waals surface area (Å²) in [5.41, 5.74) is 1.05. The quantitative estimate of drug-likeness (QED) is 0.893.